The molecule has 248 valence electrons. The third-order valence-corrected chi connectivity index (χ3v) is 9.27. The van der Waals surface area contributed by atoms with Crippen molar-refractivity contribution in [2.45, 2.75) is 25.1 Å². The number of likely N-dealkylation sites (tertiary alicyclic amines) is 1. The maximum absolute atomic E-state index is 10.2. The molecule has 11 nitrogen and oxygen atoms in total. The number of fused-ring (bicyclic) bond motifs is 1. The molecule has 0 bridgehead atoms. The van der Waals surface area contributed by atoms with Crippen molar-refractivity contribution in [3.63, 3.8) is 0 Å². The molecule has 1 fully saturated rings. The highest BCUT2D eigenvalue weighted by atomic mass is 35.5. The van der Waals surface area contributed by atoms with Gasteiger partial charge in [0, 0.05) is 48.3 Å². The number of aliphatic hydroxyl groups excluding tert-OH is 1. The van der Waals surface area contributed by atoms with E-state index >= 15 is 0 Å². The Morgan fingerprint density at radius 1 is 0.938 bits per heavy atom. The highest BCUT2D eigenvalue weighted by Crippen LogP contribution is 2.41. The standard InChI is InChI=1S/C36H37ClN6O5/c1-36(45)19-42(20-36)17-28-31(46-2)13-22(14-32(28)47-3)43-30-10-6-7-23(27(30)16-39-43)24-8-5-9-25(33(24)37)29-12-11-26(35(41-29)48-4)34-38-15-21(18-44)40-34/h5-14,16,21,44-45H,15,17-20H2,1-4H3,(H,38,40)/t21-/m1/s1. The number of nitrogens with one attached hydrogen (secondary N) is 1. The van der Waals surface area contributed by atoms with Gasteiger partial charge in [0.2, 0.25) is 5.88 Å². The van der Waals surface area contributed by atoms with Crippen molar-refractivity contribution in [1.82, 2.24) is 25.0 Å². The molecule has 2 aromatic heterocycles. The smallest absolute Gasteiger partial charge is 0.224 e. The molecule has 48 heavy (non-hydrogen) atoms. The molecule has 4 heterocycles. The number of halogens is 1. The van der Waals surface area contributed by atoms with Gasteiger partial charge in [-0.05, 0) is 30.7 Å². The molecular formula is C36H37ClN6O5. The number of rotatable bonds is 10. The molecule has 5 aromatic rings. The van der Waals surface area contributed by atoms with Crippen LogP contribution in [0.15, 0.2) is 71.9 Å². The van der Waals surface area contributed by atoms with Crippen LogP contribution >= 0.6 is 11.6 Å². The zero-order chi connectivity index (χ0) is 33.6. The number of aromatic nitrogens is 3. The maximum atomic E-state index is 10.2. The molecule has 1 saturated heterocycles. The van der Waals surface area contributed by atoms with Gasteiger partial charge in [-0.3, -0.25) is 9.89 Å². The fourth-order valence-corrected chi connectivity index (χ4v) is 6.93. The van der Waals surface area contributed by atoms with Crippen molar-refractivity contribution in [1.29, 1.82) is 0 Å². The number of amidine groups is 1. The van der Waals surface area contributed by atoms with Crippen LogP contribution in [0.3, 0.4) is 0 Å². The second-order valence-corrected chi connectivity index (χ2v) is 12.8. The summed E-state index contributed by atoms with van der Waals surface area (Å²) < 4.78 is 19.2. The average molecular weight is 669 g/mol. The van der Waals surface area contributed by atoms with Gasteiger partial charge in [-0.1, -0.05) is 41.9 Å². The van der Waals surface area contributed by atoms with Crippen LogP contribution in [0.1, 0.15) is 18.1 Å². The molecule has 3 aromatic carbocycles. The van der Waals surface area contributed by atoms with E-state index in [2.05, 4.69) is 15.2 Å². The van der Waals surface area contributed by atoms with E-state index in [4.69, 9.17) is 35.9 Å². The predicted octanol–water partition coefficient (Wildman–Crippen LogP) is 4.71. The third kappa shape index (κ3) is 5.73. The second-order valence-electron chi connectivity index (χ2n) is 12.4. The lowest BCUT2D eigenvalue weighted by Gasteiger charge is -2.44. The quantitative estimate of drug-likeness (QED) is 0.194. The van der Waals surface area contributed by atoms with Crippen LogP contribution in [-0.4, -0.2) is 94.9 Å². The Labute approximate surface area is 283 Å². The minimum Gasteiger partial charge on any atom is -0.496 e. The molecule has 3 N–H and O–H groups in total. The summed E-state index contributed by atoms with van der Waals surface area (Å²) in [4.78, 5) is 11.4. The number of nitrogens with zero attached hydrogens (tertiary/aromatic N) is 5. The molecule has 7 rings (SSSR count). The average Bonchev–Trinajstić information content (AvgIpc) is 3.75. The highest BCUT2D eigenvalue weighted by Gasteiger charge is 2.37. The summed E-state index contributed by atoms with van der Waals surface area (Å²) in [5.41, 5.74) is 5.82. The van der Waals surface area contributed by atoms with E-state index in [1.807, 2.05) is 78.5 Å². The molecular weight excluding hydrogens is 632 g/mol. The Morgan fingerprint density at radius 2 is 1.65 bits per heavy atom. The Hall–Kier alpha value is -4.68. The van der Waals surface area contributed by atoms with Crippen molar-refractivity contribution in [3.05, 3.63) is 83.0 Å². The molecule has 1 atom stereocenters. The van der Waals surface area contributed by atoms with E-state index in [1.54, 1.807) is 21.3 Å². The van der Waals surface area contributed by atoms with Gasteiger partial charge in [-0.25, -0.2) is 9.67 Å². The van der Waals surface area contributed by atoms with Gasteiger partial charge < -0.3 is 29.7 Å². The van der Waals surface area contributed by atoms with Gasteiger partial charge in [0.1, 0.15) is 17.3 Å². The fourth-order valence-electron chi connectivity index (χ4n) is 6.61. The number of hydrogen-bond acceptors (Lipinski definition) is 10. The first-order chi connectivity index (χ1) is 23.2. The third-order valence-electron chi connectivity index (χ3n) is 8.87. The van der Waals surface area contributed by atoms with E-state index in [9.17, 15) is 10.2 Å². The highest BCUT2D eigenvalue weighted by molar-refractivity contribution is 6.36. The topological polar surface area (TPSA) is 126 Å². The first-order valence-electron chi connectivity index (χ1n) is 15.7. The zero-order valence-corrected chi connectivity index (χ0v) is 28.0. The molecule has 0 aliphatic carbocycles. The lowest BCUT2D eigenvalue weighted by atomic mass is 9.96. The van der Waals surface area contributed by atoms with Crippen molar-refractivity contribution < 1.29 is 24.4 Å². The van der Waals surface area contributed by atoms with Crippen LogP contribution in [0.5, 0.6) is 17.4 Å². The molecule has 0 spiro atoms. The van der Waals surface area contributed by atoms with Gasteiger partial charge in [-0.15, -0.1) is 0 Å². The molecule has 0 amide bonds. The molecule has 12 heteroatoms. The summed E-state index contributed by atoms with van der Waals surface area (Å²) in [5.74, 6) is 2.42. The van der Waals surface area contributed by atoms with Gasteiger partial charge in [0.15, 0.2) is 0 Å². The van der Waals surface area contributed by atoms with E-state index < -0.39 is 5.60 Å². The number of methoxy groups -OCH3 is 3. The number of hydrogen-bond donors (Lipinski definition) is 3. The van der Waals surface area contributed by atoms with E-state index in [0.717, 1.165) is 44.4 Å². The van der Waals surface area contributed by atoms with E-state index in [0.29, 0.717) is 60.1 Å². The van der Waals surface area contributed by atoms with Crippen molar-refractivity contribution in [2.24, 2.45) is 4.99 Å². The van der Waals surface area contributed by atoms with E-state index in [-0.39, 0.29) is 12.6 Å². The summed E-state index contributed by atoms with van der Waals surface area (Å²) in [6.07, 6.45) is 1.84. The minimum absolute atomic E-state index is 0.00582. The SMILES string of the molecule is COc1cc(-n2ncc3c(-c4cccc(-c5ccc(C6=NC[C@H](CO)N6)c(OC)n5)c4Cl)cccc32)cc(OC)c1CN1CC(C)(O)C1. The molecule has 0 unspecified atom stereocenters. The molecule has 0 saturated carbocycles. The van der Waals surface area contributed by atoms with Crippen molar-refractivity contribution >= 4 is 28.3 Å². The summed E-state index contributed by atoms with van der Waals surface area (Å²) in [7, 11) is 4.86. The number of benzene rings is 3. The van der Waals surface area contributed by atoms with Gasteiger partial charge in [-0.2, -0.15) is 5.10 Å². The Kier molecular flexibility index (Phi) is 8.46. The summed E-state index contributed by atoms with van der Waals surface area (Å²) in [6.45, 7) is 4.10. The summed E-state index contributed by atoms with van der Waals surface area (Å²) in [5, 5.41) is 29.2. The Bertz CT molecular complexity index is 2010. The normalized spacial score (nSPS) is 17.1. The molecule has 2 aliphatic rings. The van der Waals surface area contributed by atoms with Crippen LogP contribution in [0.4, 0.5) is 0 Å². The van der Waals surface area contributed by atoms with Crippen LogP contribution < -0.4 is 19.5 Å². The maximum Gasteiger partial charge on any atom is 0.224 e. The lowest BCUT2D eigenvalue weighted by molar-refractivity contribution is -0.0875. The zero-order valence-electron chi connectivity index (χ0n) is 27.2. The summed E-state index contributed by atoms with van der Waals surface area (Å²) >= 11 is 7.15. The monoisotopic (exact) mass is 668 g/mol. The first kappa shape index (κ1) is 31.9. The van der Waals surface area contributed by atoms with Crippen molar-refractivity contribution in [2.75, 3.05) is 47.6 Å². The van der Waals surface area contributed by atoms with Gasteiger partial charge in [0.05, 0.1) is 85.4 Å². The number of β-amino-alcohol motifs (C(OH)–C–C–N with tert-alkyl or cyclic N) is 1. The van der Waals surface area contributed by atoms with Crippen LogP contribution in [0.25, 0.3) is 39.0 Å². The predicted molar refractivity (Wildman–Crippen MR) is 186 cm³/mol. The Balaban J connectivity index is 1.24. The van der Waals surface area contributed by atoms with Gasteiger partial charge in [0.25, 0.3) is 0 Å². The van der Waals surface area contributed by atoms with Crippen molar-refractivity contribution in [3.8, 4) is 45.5 Å². The van der Waals surface area contributed by atoms with Gasteiger partial charge >= 0.3 is 0 Å². The number of aliphatic hydroxyl groups is 2. The molecule has 0 radical (unpaired) electrons. The first-order valence-corrected chi connectivity index (χ1v) is 16.0. The van der Waals surface area contributed by atoms with Crippen LogP contribution in [0.2, 0.25) is 5.02 Å². The number of ether oxygens (including phenoxy) is 3. The van der Waals surface area contributed by atoms with Crippen LogP contribution in [-0.2, 0) is 6.54 Å². The lowest BCUT2D eigenvalue weighted by Crippen LogP contribution is -2.59. The fraction of sp³-hybridized carbons (Fsp3) is 0.306. The Morgan fingerprint density at radius 3 is 2.31 bits per heavy atom. The second kappa shape index (κ2) is 12.7. The molecule has 2 aliphatic heterocycles. The van der Waals surface area contributed by atoms with Crippen LogP contribution in [0, 0.1) is 0 Å². The van der Waals surface area contributed by atoms with E-state index in [1.165, 1.54) is 0 Å². The number of aliphatic imine (C=N–C) groups is 1. The minimum atomic E-state index is -0.670. The largest absolute Gasteiger partial charge is 0.496 e. The summed E-state index contributed by atoms with van der Waals surface area (Å²) in [6, 6.07) is 19.5. The number of pyridine rings is 1.